The van der Waals surface area contributed by atoms with Crippen molar-refractivity contribution < 1.29 is 29.0 Å². The van der Waals surface area contributed by atoms with Crippen LogP contribution in [0.2, 0.25) is 0 Å². The van der Waals surface area contributed by atoms with Crippen LogP contribution in [0.4, 0.5) is 11.4 Å². The Morgan fingerprint density at radius 1 is 0.375 bits per heavy atom. The largest absolute Gasteiger partial charge is 0.336 e. The molecule has 2 amide bonds. The summed E-state index contributed by atoms with van der Waals surface area (Å²) in [5.74, 6) is -0.835. The van der Waals surface area contributed by atoms with Crippen molar-refractivity contribution in [2.45, 2.75) is 37.8 Å². The van der Waals surface area contributed by atoms with Gasteiger partial charge in [0.1, 0.15) is 11.6 Å². The molecule has 14 heteroatoms. The van der Waals surface area contributed by atoms with Gasteiger partial charge in [0.25, 0.3) is 23.2 Å². The minimum Gasteiger partial charge on any atom is -0.336 e. The molecule has 14 nitrogen and oxygen atoms in total. The summed E-state index contributed by atoms with van der Waals surface area (Å²) in [7, 11) is 0. The first kappa shape index (κ1) is 55.5. The third-order valence-electron chi connectivity index (χ3n) is 15.2. The number of nitro groups is 2. The van der Waals surface area contributed by atoms with Crippen molar-refractivity contribution in [2.75, 3.05) is 52.4 Å². The summed E-state index contributed by atoms with van der Waals surface area (Å²) in [6, 6.07) is 71.4. The number of Topliss-reactive ketones (excluding diaryl/α,β-unsaturated/α-hetero) is 2. The molecule has 2 heterocycles. The maximum atomic E-state index is 13.5. The second-order valence-corrected chi connectivity index (χ2v) is 20.1. The first-order chi connectivity index (χ1) is 38.8. The van der Waals surface area contributed by atoms with E-state index in [4.69, 9.17) is 0 Å². The molecule has 2 aliphatic rings. The van der Waals surface area contributed by atoms with E-state index in [1.807, 2.05) is 36.4 Å². The fraction of sp³-hybridized carbons (Fsp3) is 0.212. The predicted octanol–water partition coefficient (Wildman–Crippen LogP) is 11.0. The van der Waals surface area contributed by atoms with E-state index in [0.29, 0.717) is 63.5 Å². The van der Waals surface area contributed by atoms with E-state index in [1.165, 1.54) is 38.1 Å². The van der Waals surface area contributed by atoms with Gasteiger partial charge in [-0.05, 0) is 59.4 Å². The summed E-state index contributed by atoms with van der Waals surface area (Å²) >= 11 is 0. The summed E-state index contributed by atoms with van der Waals surface area (Å²) in [4.78, 5) is 80.8. The lowest BCUT2D eigenvalue weighted by Gasteiger charge is -2.49. The minimum absolute atomic E-state index is 0.0377. The normalized spacial score (nSPS) is 14.1. The Kier molecular flexibility index (Phi) is 17.4. The molecule has 0 N–H and O–H groups in total. The summed E-state index contributed by atoms with van der Waals surface area (Å²) in [6.45, 7) is 7.08. The Balaban J connectivity index is 0.000000194. The predicted molar refractivity (Wildman–Crippen MR) is 308 cm³/mol. The smallest absolute Gasteiger partial charge is 0.273 e. The van der Waals surface area contributed by atoms with E-state index in [2.05, 4.69) is 155 Å². The number of benzene rings is 8. The lowest BCUT2D eigenvalue weighted by atomic mass is 9.75. The molecule has 2 aliphatic heterocycles. The molecule has 0 aromatic heterocycles. The van der Waals surface area contributed by atoms with Crippen LogP contribution in [0.25, 0.3) is 0 Å². The number of hydrogen-bond donors (Lipinski definition) is 0. The summed E-state index contributed by atoms with van der Waals surface area (Å²) in [6.07, 6.45) is -0.0754. The van der Waals surface area contributed by atoms with Crippen molar-refractivity contribution in [1.82, 2.24) is 19.6 Å². The van der Waals surface area contributed by atoms with Gasteiger partial charge in [-0.1, -0.05) is 194 Å². The van der Waals surface area contributed by atoms with Gasteiger partial charge < -0.3 is 9.80 Å². The van der Waals surface area contributed by atoms with E-state index in [9.17, 15) is 39.4 Å². The van der Waals surface area contributed by atoms with Crippen molar-refractivity contribution in [1.29, 1.82) is 0 Å². The molecule has 10 rings (SSSR count). The number of rotatable bonds is 16. The van der Waals surface area contributed by atoms with E-state index >= 15 is 0 Å². The van der Waals surface area contributed by atoms with Crippen molar-refractivity contribution in [3.63, 3.8) is 0 Å². The maximum Gasteiger partial charge on any atom is 0.273 e. The third-order valence-corrected chi connectivity index (χ3v) is 15.2. The molecule has 0 unspecified atom stereocenters. The summed E-state index contributed by atoms with van der Waals surface area (Å²) in [5.41, 5.74) is 6.48. The second-order valence-electron chi connectivity index (χ2n) is 20.1. The summed E-state index contributed by atoms with van der Waals surface area (Å²) < 4.78 is 0. The Morgan fingerprint density at radius 3 is 0.825 bits per heavy atom. The fourth-order valence-corrected chi connectivity index (χ4v) is 11.6. The molecule has 2 saturated heterocycles. The second kappa shape index (κ2) is 25.0. The van der Waals surface area contributed by atoms with Crippen molar-refractivity contribution in [3.05, 3.63) is 294 Å². The van der Waals surface area contributed by atoms with Crippen molar-refractivity contribution >= 4 is 34.8 Å². The Morgan fingerprint density at radius 2 is 0.613 bits per heavy atom. The number of hydrogen-bond acceptors (Lipinski definition) is 10. The Bertz CT molecular complexity index is 3040. The first-order valence-corrected chi connectivity index (χ1v) is 26.8. The van der Waals surface area contributed by atoms with Crippen LogP contribution in [0.5, 0.6) is 0 Å². The third kappa shape index (κ3) is 11.6. The number of nitrogens with zero attached hydrogens (tertiary/aromatic N) is 6. The number of piperazine rings is 2. The molecule has 0 spiro atoms. The molecule has 0 atom stereocenters. The van der Waals surface area contributed by atoms with Gasteiger partial charge in [-0.25, -0.2) is 0 Å². The van der Waals surface area contributed by atoms with Crippen molar-refractivity contribution in [3.8, 4) is 0 Å². The van der Waals surface area contributed by atoms with Crippen LogP contribution < -0.4 is 0 Å². The molecule has 2 fully saturated rings. The average Bonchev–Trinajstić information content (AvgIpc) is 3.61. The number of carbonyl (C=O) groups is 4. The zero-order valence-corrected chi connectivity index (χ0v) is 44.8. The number of nitro benzene ring substituents is 2. The zero-order chi connectivity index (χ0) is 56.2. The molecule has 8 aromatic carbocycles. The standard InChI is InChI=1S/2C33H31N3O4/c2*1-25(37)23-26-17-18-27(24-31(26)36(39)40)32(38)34-19-21-35(22-20-34)33(28-11-5-2-6-12-28,29-13-7-3-8-14-29)30-15-9-4-10-16-30/h2*2-18,24H,19-23H2,1H3. The van der Waals surface area contributed by atoms with Crippen LogP contribution in [-0.2, 0) is 33.5 Å². The van der Waals surface area contributed by atoms with Gasteiger partial charge in [0.15, 0.2) is 0 Å². The number of carbonyl (C=O) groups excluding carboxylic acids is 4. The van der Waals surface area contributed by atoms with Crippen LogP contribution in [-0.4, -0.2) is 105 Å². The number of ketones is 2. The van der Waals surface area contributed by atoms with Gasteiger partial charge in [-0.3, -0.25) is 49.2 Å². The molecule has 8 aromatic rings. The van der Waals surface area contributed by atoms with E-state index < -0.39 is 20.9 Å². The van der Waals surface area contributed by atoms with E-state index in [-0.39, 0.29) is 58.7 Å². The first-order valence-electron chi connectivity index (χ1n) is 26.8. The lowest BCUT2D eigenvalue weighted by Crippen LogP contribution is -2.57. The Hall–Kier alpha value is -9.24. The molecule has 404 valence electrons. The molecule has 0 saturated carbocycles. The van der Waals surface area contributed by atoms with Gasteiger partial charge in [0, 0.05) is 99.6 Å². The monoisotopic (exact) mass is 1070 g/mol. The molecule has 0 aliphatic carbocycles. The number of amides is 2. The zero-order valence-electron chi connectivity index (χ0n) is 44.8. The van der Waals surface area contributed by atoms with Gasteiger partial charge in [-0.15, -0.1) is 0 Å². The van der Waals surface area contributed by atoms with Crippen LogP contribution in [0.3, 0.4) is 0 Å². The highest BCUT2D eigenvalue weighted by Gasteiger charge is 2.45. The molecular formula is C66H62N6O8. The average molecular weight is 1070 g/mol. The van der Waals surface area contributed by atoms with Gasteiger partial charge >= 0.3 is 0 Å². The quantitative estimate of drug-likeness (QED) is 0.0516. The highest BCUT2D eigenvalue weighted by molar-refractivity contribution is 5.96. The maximum absolute atomic E-state index is 13.5. The van der Waals surface area contributed by atoms with Crippen LogP contribution in [0.15, 0.2) is 218 Å². The van der Waals surface area contributed by atoms with Gasteiger partial charge in [0.2, 0.25) is 0 Å². The van der Waals surface area contributed by atoms with Crippen LogP contribution in [0, 0.1) is 20.2 Å². The van der Waals surface area contributed by atoms with Crippen LogP contribution >= 0.6 is 0 Å². The van der Waals surface area contributed by atoms with E-state index in [0.717, 1.165) is 33.4 Å². The van der Waals surface area contributed by atoms with Gasteiger partial charge in [-0.2, -0.15) is 0 Å². The Labute approximate surface area is 465 Å². The fourth-order valence-electron chi connectivity index (χ4n) is 11.6. The van der Waals surface area contributed by atoms with Crippen LogP contribution in [0.1, 0.15) is 79.1 Å². The molecule has 0 bridgehead atoms. The van der Waals surface area contributed by atoms with E-state index in [1.54, 1.807) is 21.9 Å². The highest BCUT2D eigenvalue weighted by Crippen LogP contribution is 2.45. The molecule has 80 heavy (non-hydrogen) atoms. The minimum atomic E-state index is -0.563. The highest BCUT2D eigenvalue weighted by atomic mass is 16.6. The van der Waals surface area contributed by atoms with Crippen molar-refractivity contribution in [2.24, 2.45) is 0 Å². The molecule has 0 radical (unpaired) electrons. The topological polar surface area (TPSA) is 168 Å². The SMILES string of the molecule is CC(=O)Cc1ccc(C(=O)N2CCN(C(c3ccccc3)(c3ccccc3)c3ccccc3)CC2)cc1[N+](=O)[O-].CC(=O)Cc1ccc(C(=O)N2CCN(C(c3ccccc3)(c3ccccc3)c3ccccc3)CC2)cc1[N+](=O)[O-]. The van der Waals surface area contributed by atoms with Gasteiger partial charge in [0.05, 0.1) is 20.9 Å². The summed E-state index contributed by atoms with van der Waals surface area (Å²) in [5, 5.41) is 23.3. The lowest BCUT2D eigenvalue weighted by molar-refractivity contribution is -0.385. The molecular weight excluding hydrogens is 1000 g/mol.